The maximum Gasteiger partial charge on any atom is 0.432 e. The van der Waals surface area contributed by atoms with Crippen molar-refractivity contribution in [1.82, 2.24) is 9.97 Å². The number of hydrogen-bond donors (Lipinski definition) is 1. The van der Waals surface area contributed by atoms with Crippen LogP contribution in [0.2, 0.25) is 0 Å². The molecule has 1 saturated heterocycles. The van der Waals surface area contributed by atoms with E-state index in [9.17, 15) is 28.1 Å². The van der Waals surface area contributed by atoms with Gasteiger partial charge < -0.3 is 24.3 Å². The SMILES string of the molecule is Cc1ccccc1S(=O)(=O)OC[C@H]1O[C@H](c2cnc([N+](=O)[O-])[nH]2)[C@@H](OC(=O)C(C)(C)C)[C@@H]1OC(=O)C(C)(C)C. The van der Waals surface area contributed by atoms with Gasteiger partial charge in [-0.25, -0.2) is 4.98 Å². The Morgan fingerprint density at radius 3 is 2.13 bits per heavy atom. The highest BCUT2D eigenvalue weighted by Gasteiger charge is 2.53. The number of carbonyl (C=O) groups excluding carboxylic acids is 2. The standard InChI is InChI=1S/C25H33N3O10S/c1-14-10-8-9-11-17(14)39(33,34)35-13-16-19(37-21(29)24(2,3)4)20(38-22(30)25(5,6)7)18(36-16)15-12-26-23(27-15)28(31)32/h8-12,16,18-20H,13H2,1-7H3,(H,26,27)/t16-,18-,19-,20-/m1/s1. The molecule has 0 saturated carbocycles. The van der Waals surface area contributed by atoms with Crippen molar-refractivity contribution in [3.63, 3.8) is 0 Å². The third-order valence-corrected chi connectivity index (χ3v) is 7.28. The Balaban J connectivity index is 2.01. The van der Waals surface area contributed by atoms with Gasteiger partial charge in [-0.2, -0.15) is 8.42 Å². The Morgan fingerprint density at radius 1 is 1.05 bits per heavy atom. The highest BCUT2D eigenvalue weighted by Crippen LogP contribution is 2.39. The van der Waals surface area contributed by atoms with Gasteiger partial charge in [-0.3, -0.25) is 13.8 Å². The number of nitrogens with zero attached hydrogens (tertiary/aromatic N) is 2. The second-order valence-electron chi connectivity index (χ2n) is 11.3. The van der Waals surface area contributed by atoms with E-state index in [2.05, 4.69) is 9.97 Å². The molecular weight excluding hydrogens is 534 g/mol. The third kappa shape index (κ3) is 6.99. The number of nitro groups is 1. The number of ether oxygens (including phenoxy) is 3. The summed E-state index contributed by atoms with van der Waals surface area (Å²) in [5, 5.41) is 11.2. The molecule has 1 aliphatic heterocycles. The lowest BCUT2D eigenvalue weighted by atomic mass is 9.96. The number of nitrogens with one attached hydrogen (secondary N) is 1. The lowest BCUT2D eigenvalue weighted by Gasteiger charge is -2.29. The van der Waals surface area contributed by atoms with Gasteiger partial charge in [0.25, 0.3) is 10.1 Å². The number of benzene rings is 1. The molecule has 0 amide bonds. The fraction of sp³-hybridized carbons (Fsp3) is 0.560. The van der Waals surface area contributed by atoms with Crippen molar-refractivity contribution < 1.29 is 41.3 Å². The molecule has 13 nitrogen and oxygen atoms in total. The Morgan fingerprint density at radius 2 is 1.62 bits per heavy atom. The summed E-state index contributed by atoms with van der Waals surface area (Å²) in [5.74, 6) is -1.92. The average Bonchev–Trinajstić information content (AvgIpc) is 3.42. The summed E-state index contributed by atoms with van der Waals surface area (Å²) in [6.07, 6.45) is -3.94. The molecule has 1 fully saturated rings. The zero-order valence-electron chi connectivity index (χ0n) is 22.8. The van der Waals surface area contributed by atoms with Crippen molar-refractivity contribution in [2.24, 2.45) is 10.8 Å². The number of rotatable bonds is 8. The Kier molecular flexibility index (Phi) is 8.53. The van der Waals surface area contributed by atoms with E-state index in [1.165, 1.54) is 6.07 Å². The van der Waals surface area contributed by atoms with Crippen molar-refractivity contribution in [3.05, 3.63) is 51.8 Å². The second-order valence-corrected chi connectivity index (χ2v) is 12.8. The number of aryl methyl sites for hydroxylation is 1. The van der Waals surface area contributed by atoms with Crippen LogP contribution < -0.4 is 0 Å². The van der Waals surface area contributed by atoms with Gasteiger partial charge in [0.1, 0.15) is 18.0 Å². The van der Waals surface area contributed by atoms with Crippen LogP contribution in [0, 0.1) is 27.9 Å². The van der Waals surface area contributed by atoms with E-state index in [1.54, 1.807) is 66.7 Å². The van der Waals surface area contributed by atoms with Crippen molar-refractivity contribution >= 4 is 28.0 Å². The minimum Gasteiger partial charge on any atom is -0.455 e. The molecule has 1 aliphatic rings. The van der Waals surface area contributed by atoms with Crippen molar-refractivity contribution in [1.29, 1.82) is 0 Å². The molecule has 1 aromatic carbocycles. The fourth-order valence-electron chi connectivity index (χ4n) is 3.60. The second kappa shape index (κ2) is 11.0. The number of hydrogen-bond acceptors (Lipinski definition) is 11. The van der Waals surface area contributed by atoms with Crippen LogP contribution in [0.4, 0.5) is 5.95 Å². The topological polar surface area (TPSA) is 177 Å². The van der Waals surface area contributed by atoms with Gasteiger partial charge in [0.05, 0.1) is 22.3 Å². The largest absolute Gasteiger partial charge is 0.455 e. The molecule has 4 atom stereocenters. The number of aromatic amines is 1. The molecule has 2 aromatic rings. The summed E-state index contributed by atoms with van der Waals surface area (Å²) < 4.78 is 48.7. The highest BCUT2D eigenvalue weighted by atomic mass is 32.2. The van der Waals surface area contributed by atoms with Crippen LogP contribution in [0.25, 0.3) is 0 Å². The van der Waals surface area contributed by atoms with Crippen LogP contribution in [0.1, 0.15) is 58.9 Å². The summed E-state index contributed by atoms with van der Waals surface area (Å²) >= 11 is 0. The van der Waals surface area contributed by atoms with E-state index in [-0.39, 0.29) is 10.6 Å². The van der Waals surface area contributed by atoms with Gasteiger partial charge in [-0.15, -0.1) is 0 Å². The molecule has 0 aliphatic carbocycles. The first kappa shape index (κ1) is 30.2. The monoisotopic (exact) mass is 567 g/mol. The maximum atomic E-state index is 13.0. The predicted molar refractivity (Wildman–Crippen MR) is 136 cm³/mol. The van der Waals surface area contributed by atoms with Crippen molar-refractivity contribution in [2.75, 3.05) is 6.61 Å². The summed E-state index contributed by atoms with van der Waals surface area (Å²) in [5.41, 5.74) is -1.41. The van der Waals surface area contributed by atoms with E-state index in [0.717, 1.165) is 6.20 Å². The van der Waals surface area contributed by atoms with E-state index >= 15 is 0 Å². The molecule has 2 heterocycles. The molecule has 39 heavy (non-hydrogen) atoms. The number of H-pyrrole nitrogens is 1. The third-order valence-electron chi connectivity index (χ3n) is 5.83. The van der Waals surface area contributed by atoms with Crippen LogP contribution >= 0.6 is 0 Å². The zero-order valence-corrected chi connectivity index (χ0v) is 23.6. The Labute approximate surface area is 226 Å². The van der Waals surface area contributed by atoms with E-state index < -0.39 is 74.8 Å². The maximum absolute atomic E-state index is 13.0. The summed E-state index contributed by atoms with van der Waals surface area (Å²) in [4.78, 5) is 42.4. The first-order valence-corrected chi connectivity index (χ1v) is 13.5. The van der Waals surface area contributed by atoms with Gasteiger partial charge in [0.2, 0.25) is 0 Å². The van der Waals surface area contributed by atoms with E-state index in [4.69, 9.17) is 18.4 Å². The van der Waals surface area contributed by atoms with Gasteiger partial charge in [0.15, 0.2) is 18.3 Å². The van der Waals surface area contributed by atoms with Crippen molar-refractivity contribution in [3.8, 4) is 0 Å². The van der Waals surface area contributed by atoms with Gasteiger partial charge in [-0.1, -0.05) is 23.2 Å². The van der Waals surface area contributed by atoms with Crippen LogP contribution in [0.15, 0.2) is 35.4 Å². The molecule has 1 aromatic heterocycles. The van der Waals surface area contributed by atoms with Crippen LogP contribution in [-0.2, 0) is 38.1 Å². The predicted octanol–water partition coefficient (Wildman–Crippen LogP) is 3.39. The van der Waals surface area contributed by atoms with Crippen molar-refractivity contribution in [2.45, 2.75) is 77.8 Å². The minimum atomic E-state index is -4.25. The van der Waals surface area contributed by atoms with Crippen LogP contribution in [0.3, 0.4) is 0 Å². The van der Waals surface area contributed by atoms with Gasteiger partial charge in [0, 0.05) is 0 Å². The number of esters is 2. The van der Waals surface area contributed by atoms with Gasteiger partial charge >= 0.3 is 17.9 Å². The van der Waals surface area contributed by atoms with E-state index in [1.807, 2.05) is 0 Å². The first-order chi connectivity index (χ1) is 17.9. The molecule has 0 bridgehead atoms. The number of carbonyl (C=O) groups is 2. The molecular formula is C25H33N3O10S. The number of imidazole rings is 1. The Hall–Kier alpha value is -3.36. The molecule has 1 N–H and O–H groups in total. The normalized spacial score (nSPS) is 21.9. The first-order valence-electron chi connectivity index (χ1n) is 12.1. The summed E-state index contributed by atoms with van der Waals surface area (Å²) in [6, 6.07) is 6.22. The zero-order chi connectivity index (χ0) is 29.3. The fourth-order valence-corrected chi connectivity index (χ4v) is 4.75. The average molecular weight is 568 g/mol. The number of aromatic nitrogens is 2. The lowest BCUT2D eigenvalue weighted by molar-refractivity contribution is -0.393. The molecule has 3 rings (SSSR count). The Bertz CT molecular complexity index is 1340. The molecule has 0 spiro atoms. The highest BCUT2D eigenvalue weighted by molar-refractivity contribution is 7.86. The van der Waals surface area contributed by atoms with Gasteiger partial charge in [-0.05, 0) is 65.0 Å². The minimum absolute atomic E-state index is 0.0531. The molecule has 14 heteroatoms. The summed E-state index contributed by atoms with van der Waals surface area (Å²) in [7, 11) is -4.25. The van der Waals surface area contributed by atoms with Crippen LogP contribution in [0.5, 0.6) is 0 Å². The molecule has 0 unspecified atom stereocenters. The van der Waals surface area contributed by atoms with E-state index in [0.29, 0.717) is 5.56 Å². The molecule has 214 valence electrons. The smallest absolute Gasteiger partial charge is 0.432 e. The quantitative estimate of drug-likeness (QED) is 0.214. The summed E-state index contributed by atoms with van der Waals surface area (Å²) in [6.45, 7) is 10.7. The van der Waals surface area contributed by atoms with Crippen LogP contribution in [-0.4, -0.2) is 60.2 Å². The molecule has 0 radical (unpaired) electrons. The lowest BCUT2D eigenvalue weighted by Crippen LogP contribution is -2.44.